The van der Waals surface area contributed by atoms with Crippen LogP contribution in [0, 0.1) is 5.92 Å². The van der Waals surface area contributed by atoms with E-state index in [1.165, 1.54) is 12.1 Å². The number of carboxylic acid groups (broad SMARTS) is 1. The van der Waals surface area contributed by atoms with Crippen LogP contribution in [0.25, 0.3) is 0 Å². The first kappa shape index (κ1) is 15.8. The van der Waals surface area contributed by atoms with Crippen LogP contribution < -0.4 is 5.32 Å². The highest BCUT2D eigenvalue weighted by Gasteiger charge is 2.42. The number of hydrogen-bond donors (Lipinski definition) is 2. The zero-order valence-electron chi connectivity index (χ0n) is 11.7. The molecule has 1 atom stereocenters. The first-order chi connectivity index (χ1) is 9.66. The lowest BCUT2D eigenvalue weighted by molar-refractivity contribution is -0.124. The monoisotopic (exact) mass is 328 g/mol. The Morgan fingerprint density at radius 1 is 1.33 bits per heavy atom. The number of amides is 1. The maximum Gasteiger partial charge on any atom is 0.336 e. The minimum Gasteiger partial charge on any atom is -0.478 e. The van der Waals surface area contributed by atoms with Gasteiger partial charge in [0, 0.05) is 5.56 Å². The fourth-order valence-corrected chi connectivity index (χ4v) is 2.31. The smallest absolute Gasteiger partial charge is 0.336 e. The second-order valence-electron chi connectivity index (χ2n) is 5.33. The Hall–Kier alpha value is -1.59. The molecule has 1 unspecified atom stereocenters. The van der Waals surface area contributed by atoms with E-state index in [1.54, 1.807) is 6.92 Å². The number of nitrogens with zero attached hydrogens (tertiary/aromatic N) is 1. The molecule has 7 heteroatoms. The van der Waals surface area contributed by atoms with Crippen LogP contribution in [0.15, 0.2) is 17.1 Å². The summed E-state index contributed by atoms with van der Waals surface area (Å²) in [5, 5.41) is 12.2. The maximum absolute atomic E-state index is 12.1. The van der Waals surface area contributed by atoms with Crippen LogP contribution >= 0.6 is 23.2 Å². The van der Waals surface area contributed by atoms with E-state index in [9.17, 15) is 14.7 Å². The van der Waals surface area contributed by atoms with Crippen molar-refractivity contribution in [3.8, 4) is 0 Å². The quantitative estimate of drug-likeness (QED) is 0.895. The summed E-state index contributed by atoms with van der Waals surface area (Å²) in [5.41, 5.74) is -0.747. The molecular formula is C14H14Cl2N2O3. The predicted octanol–water partition coefficient (Wildman–Crippen LogP) is 2.98. The summed E-state index contributed by atoms with van der Waals surface area (Å²) in [4.78, 5) is 27.8. The standard InChI is InChI=1S/C14H14Cl2N2O3/c1-6(2)14(3)13(21)17-11(18-14)7-4-9(15)10(16)5-8(7)12(19)20/h4-6H,1-3H3,(H,19,20)(H,17,18,21). The lowest BCUT2D eigenvalue weighted by Gasteiger charge is -2.21. The second-order valence-corrected chi connectivity index (χ2v) is 6.15. The molecule has 1 aromatic carbocycles. The number of nitrogens with one attached hydrogen (secondary N) is 1. The summed E-state index contributed by atoms with van der Waals surface area (Å²) in [5.74, 6) is -1.27. The van der Waals surface area contributed by atoms with E-state index in [-0.39, 0.29) is 38.8 Å². The molecule has 0 bridgehead atoms. The molecule has 0 aromatic heterocycles. The van der Waals surface area contributed by atoms with Crippen molar-refractivity contribution in [3.05, 3.63) is 33.3 Å². The van der Waals surface area contributed by atoms with Gasteiger partial charge in [0.2, 0.25) is 0 Å². The number of aliphatic imine (C=N–C) groups is 1. The first-order valence-electron chi connectivity index (χ1n) is 6.31. The Morgan fingerprint density at radius 3 is 2.38 bits per heavy atom. The molecule has 1 aliphatic rings. The highest BCUT2D eigenvalue weighted by Crippen LogP contribution is 2.31. The molecule has 112 valence electrons. The van der Waals surface area contributed by atoms with E-state index in [0.29, 0.717) is 0 Å². The zero-order chi connectivity index (χ0) is 15.9. The van der Waals surface area contributed by atoms with Crippen LogP contribution in [0.2, 0.25) is 10.0 Å². The largest absolute Gasteiger partial charge is 0.478 e. The molecule has 1 amide bonds. The number of carbonyl (C=O) groups excluding carboxylic acids is 1. The van der Waals surface area contributed by atoms with Crippen LogP contribution in [-0.2, 0) is 4.79 Å². The van der Waals surface area contributed by atoms with Gasteiger partial charge >= 0.3 is 5.97 Å². The number of carbonyl (C=O) groups is 2. The third-order valence-corrected chi connectivity index (χ3v) is 4.43. The van der Waals surface area contributed by atoms with E-state index in [0.717, 1.165) is 0 Å². The van der Waals surface area contributed by atoms with Crippen LogP contribution in [0.1, 0.15) is 36.7 Å². The SMILES string of the molecule is CC(C)C1(C)N=C(c2cc(Cl)c(Cl)cc2C(=O)O)NC1=O. The number of rotatable bonds is 3. The minimum absolute atomic E-state index is 0.0361. The van der Waals surface area contributed by atoms with Gasteiger partial charge in [0.15, 0.2) is 0 Å². The average molecular weight is 329 g/mol. The molecule has 0 fully saturated rings. The molecule has 2 N–H and O–H groups in total. The highest BCUT2D eigenvalue weighted by molar-refractivity contribution is 6.42. The molecule has 0 aliphatic carbocycles. The van der Waals surface area contributed by atoms with Crippen molar-refractivity contribution in [1.29, 1.82) is 0 Å². The molecule has 0 spiro atoms. The summed E-state index contributed by atoms with van der Waals surface area (Å²) in [7, 11) is 0. The van der Waals surface area contributed by atoms with Crippen molar-refractivity contribution in [3.63, 3.8) is 0 Å². The zero-order valence-corrected chi connectivity index (χ0v) is 13.2. The molecule has 0 radical (unpaired) electrons. The third-order valence-electron chi connectivity index (χ3n) is 3.71. The van der Waals surface area contributed by atoms with Crippen LogP contribution in [0.3, 0.4) is 0 Å². The van der Waals surface area contributed by atoms with Crippen LogP contribution in [0.5, 0.6) is 0 Å². The Balaban J connectivity index is 2.61. The number of aromatic carboxylic acids is 1. The van der Waals surface area contributed by atoms with Crippen molar-refractivity contribution < 1.29 is 14.7 Å². The van der Waals surface area contributed by atoms with Crippen LogP contribution in [-0.4, -0.2) is 28.4 Å². The van der Waals surface area contributed by atoms with Crippen LogP contribution in [0.4, 0.5) is 0 Å². The van der Waals surface area contributed by atoms with Gasteiger partial charge in [-0.25, -0.2) is 4.79 Å². The molecule has 21 heavy (non-hydrogen) atoms. The number of halogens is 2. The molecule has 0 saturated carbocycles. The van der Waals surface area contributed by atoms with E-state index >= 15 is 0 Å². The van der Waals surface area contributed by atoms with Crippen molar-refractivity contribution >= 4 is 40.9 Å². The van der Waals surface area contributed by atoms with Gasteiger partial charge in [0.05, 0.1) is 15.6 Å². The fourth-order valence-electron chi connectivity index (χ4n) is 1.98. The summed E-state index contributed by atoms with van der Waals surface area (Å²) in [6, 6.07) is 2.65. The van der Waals surface area contributed by atoms with Gasteiger partial charge in [-0.15, -0.1) is 0 Å². The van der Waals surface area contributed by atoms with E-state index in [4.69, 9.17) is 23.2 Å². The molecule has 1 aromatic rings. The Morgan fingerprint density at radius 2 is 1.90 bits per heavy atom. The topological polar surface area (TPSA) is 78.8 Å². The van der Waals surface area contributed by atoms with E-state index < -0.39 is 11.5 Å². The molecule has 1 aliphatic heterocycles. The predicted molar refractivity (Wildman–Crippen MR) is 81.3 cm³/mol. The molecule has 0 saturated heterocycles. The third kappa shape index (κ3) is 2.63. The normalized spacial score (nSPS) is 21.4. The fraction of sp³-hybridized carbons (Fsp3) is 0.357. The minimum atomic E-state index is -1.17. The van der Waals surface area contributed by atoms with E-state index in [2.05, 4.69) is 10.3 Å². The summed E-state index contributed by atoms with van der Waals surface area (Å²) < 4.78 is 0. The molecule has 2 rings (SSSR count). The van der Waals surface area contributed by atoms with Gasteiger partial charge < -0.3 is 10.4 Å². The van der Waals surface area contributed by atoms with E-state index in [1.807, 2.05) is 13.8 Å². The lowest BCUT2D eigenvalue weighted by Crippen LogP contribution is -2.41. The van der Waals surface area contributed by atoms with Crippen molar-refractivity contribution in [2.24, 2.45) is 10.9 Å². The van der Waals surface area contributed by atoms with Crippen molar-refractivity contribution in [2.75, 3.05) is 0 Å². The Bertz CT molecular complexity index is 670. The van der Waals surface area contributed by atoms with Gasteiger partial charge in [-0.2, -0.15) is 0 Å². The van der Waals surface area contributed by atoms with Gasteiger partial charge in [-0.05, 0) is 25.0 Å². The Kier molecular flexibility index (Phi) is 4.00. The molecule has 1 heterocycles. The molecular weight excluding hydrogens is 315 g/mol. The number of hydrogen-bond acceptors (Lipinski definition) is 3. The molecule has 5 nitrogen and oxygen atoms in total. The number of benzene rings is 1. The lowest BCUT2D eigenvalue weighted by atomic mass is 9.89. The van der Waals surface area contributed by atoms with Crippen molar-refractivity contribution in [1.82, 2.24) is 5.32 Å². The van der Waals surface area contributed by atoms with Gasteiger partial charge in [-0.3, -0.25) is 9.79 Å². The van der Waals surface area contributed by atoms with Crippen molar-refractivity contribution in [2.45, 2.75) is 26.3 Å². The summed E-state index contributed by atoms with van der Waals surface area (Å²) >= 11 is 11.8. The second kappa shape index (κ2) is 5.31. The van der Waals surface area contributed by atoms with Gasteiger partial charge in [-0.1, -0.05) is 37.0 Å². The maximum atomic E-state index is 12.1. The average Bonchev–Trinajstić information content (AvgIpc) is 2.69. The summed E-state index contributed by atoms with van der Waals surface area (Å²) in [6.45, 7) is 5.45. The highest BCUT2D eigenvalue weighted by atomic mass is 35.5. The number of carboxylic acids is 1. The number of amidine groups is 1. The van der Waals surface area contributed by atoms with Gasteiger partial charge in [0.25, 0.3) is 5.91 Å². The first-order valence-corrected chi connectivity index (χ1v) is 7.06. The van der Waals surface area contributed by atoms with Gasteiger partial charge in [0.1, 0.15) is 11.4 Å². The summed E-state index contributed by atoms with van der Waals surface area (Å²) in [6.07, 6.45) is 0. The Labute approximate surface area is 132 Å².